The zero-order chi connectivity index (χ0) is 14.5. The Morgan fingerprint density at radius 3 is 2.15 bits per heavy atom. The van der Waals surface area contributed by atoms with E-state index in [0.717, 1.165) is 17.8 Å². The maximum atomic E-state index is 3.96. The number of nitrogens with one attached hydrogen (secondary N) is 1. The van der Waals surface area contributed by atoms with Gasteiger partial charge in [0.1, 0.15) is 0 Å². The fourth-order valence-corrected chi connectivity index (χ4v) is 3.82. The van der Waals surface area contributed by atoms with Crippen molar-refractivity contribution in [3.05, 3.63) is 35.9 Å². The lowest BCUT2D eigenvalue weighted by Crippen LogP contribution is -2.39. The van der Waals surface area contributed by atoms with E-state index in [4.69, 9.17) is 0 Å². The molecule has 1 aromatic rings. The lowest BCUT2D eigenvalue weighted by atomic mass is 9.80. The van der Waals surface area contributed by atoms with Gasteiger partial charge >= 0.3 is 0 Å². The molecule has 1 nitrogen and oxygen atoms in total. The molecule has 1 aliphatic rings. The minimum Gasteiger partial charge on any atom is -0.307 e. The molecule has 0 spiro atoms. The highest BCUT2D eigenvalue weighted by Crippen LogP contribution is 2.31. The summed E-state index contributed by atoms with van der Waals surface area (Å²) < 4.78 is 0. The fraction of sp³-hybridized carbons (Fsp3) is 0.684. The normalized spacial score (nSPS) is 28.6. The van der Waals surface area contributed by atoms with E-state index in [9.17, 15) is 0 Å². The fourth-order valence-electron chi connectivity index (χ4n) is 3.82. The molecule has 112 valence electrons. The lowest BCUT2D eigenvalue weighted by Gasteiger charge is -2.35. The molecule has 2 rings (SSSR count). The number of hydrogen-bond acceptors (Lipinski definition) is 1. The van der Waals surface area contributed by atoms with Crippen LogP contribution in [-0.4, -0.2) is 6.04 Å². The number of rotatable bonds is 5. The van der Waals surface area contributed by atoms with Crippen molar-refractivity contribution in [1.29, 1.82) is 0 Å². The maximum Gasteiger partial charge on any atom is 0.0325 e. The molecular formula is C19H31N. The van der Waals surface area contributed by atoms with Crippen LogP contribution in [0, 0.1) is 17.8 Å². The second kappa shape index (κ2) is 7.26. The predicted octanol–water partition coefficient (Wildman–Crippen LogP) is 5.19. The van der Waals surface area contributed by atoms with Crippen LogP contribution in [0.4, 0.5) is 0 Å². The van der Waals surface area contributed by atoms with Gasteiger partial charge in [-0.2, -0.15) is 0 Å². The van der Waals surface area contributed by atoms with Gasteiger partial charge in [-0.25, -0.2) is 0 Å². The molecule has 0 radical (unpaired) electrons. The highest BCUT2D eigenvalue weighted by atomic mass is 15.0. The zero-order valence-electron chi connectivity index (χ0n) is 13.6. The smallest absolute Gasteiger partial charge is 0.0325 e. The van der Waals surface area contributed by atoms with Gasteiger partial charge in [0, 0.05) is 12.1 Å². The van der Waals surface area contributed by atoms with Gasteiger partial charge < -0.3 is 5.32 Å². The number of benzene rings is 1. The van der Waals surface area contributed by atoms with E-state index in [2.05, 4.69) is 63.3 Å². The summed E-state index contributed by atoms with van der Waals surface area (Å²) in [5.74, 6) is 2.46. The van der Waals surface area contributed by atoms with Gasteiger partial charge in [0.05, 0.1) is 0 Å². The lowest BCUT2D eigenvalue weighted by molar-refractivity contribution is 0.218. The molecular weight excluding hydrogens is 242 g/mol. The zero-order valence-corrected chi connectivity index (χ0v) is 13.6. The van der Waals surface area contributed by atoms with Crippen LogP contribution in [0.15, 0.2) is 30.3 Å². The Balaban J connectivity index is 2.04. The first-order chi connectivity index (χ1) is 9.54. The molecule has 0 heterocycles. The summed E-state index contributed by atoms with van der Waals surface area (Å²) in [5, 5.41) is 3.96. The van der Waals surface area contributed by atoms with Gasteiger partial charge in [0.2, 0.25) is 0 Å². The van der Waals surface area contributed by atoms with Gasteiger partial charge in [-0.1, -0.05) is 58.0 Å². The largest absolute Gasteiger partial charge is 0.307 e. The van der Waals surface area contributed by atoms with Gasteiger partial charge in [-0.3, -0.25) is 0 Å². The molecule has 0 aromatic heterocycles. The third kappa shape index (κ3) is 4.63. The third-order valence-electron chi connectivity index (χ3n) is 4.52. The van der Waals surface area contributed by atoms with E-state index in [0.29, 0.717) is 12.1 Å². The van der Waals surface area contributed by atoms with Crippen molar-refractivity contribution in [3.8, 4) is 0 Å². The average molecular weight is 273 g/mol. The molecule has 1 fully saturated rings. The molecule has 0 amide bonds. The Labute approximate surface area is 125 Å². The highest BCUT2D eigenvalue weighted by Gasteiger charge is 2.26. The van der Waals surface area contributed by atoms with Gasteiger partial charge in [0.25, 0.3) is 0 Å². The predicted molar refractivity (Wildman–Crippen MR) is 87.7 cm³/mol. The van der Waals surface area contributed by atoms with Crippen LogP contribution in [0.1, 0.15) is 65.0 Å². The van der Waals surface area contributed by atoms with Gasteiger partial charge in [-0.15, -0.1) is 0 Å². The molecule has 1 saturated carbocycles. The van der Waals surface area contributed by atoms with E-state index >= 15 is 0 Å². The van der Waals surface area contributed by atoms with E-state index in [1.165, 1.54) is 31.2 Å². The maximum absolute atomic E-state index is 3.96. The highest BCUT2D eigenvalue weighted by molar-refractivity contribution is 5.19. The Morgan fingerprint density at radius 2 is 1.60 bits per heavy atom. The van der Waals surface area contributed by atoms with Crippen LogP contribution in [0.25, 0.3) is 0 Å². The van der Waals surface area contributed by atoms with Gasteiger partial charge in [-0.05, 0) is 49.0 Å². The van der Waals surface area contributed by atoms with Crippen LogP contribution < -0.4 is 5.32 Å². The Hall–Kier alpha value is -0.820. The molecule has 0 saturated heterocycles. The Bertz CT molecular complexity index is 374. The van der Waals surface area contributed by atoms with E-state index in [-0.39, 0.29) is 0 Å². The minimum atomic E-state index is 0.513. The first kappa shape index (κ1) is 15.6. The Morgan fingerprint density at radius 1 is 1.00 bits per heavy atom. The molecule has 1 heteroatoms. The SMILES string of the molecule is CC(C)CC(NC1CC(C)CC(C)C1)c1ccccc1. The van der Waals surface area contributed by atoms with Crippen molar-refractivity contribution >= 4 is 0 Å². The van der Waals surface area contributed by atoms with E-state index < -0.39 is 0 Å². The van der Waals surface area contributed by atoms with Crippen LogP contribution >= 0.6 is 0 Å². The molecule has 1 aliphatic carbocycles. The molecule has 1 N–H and O–H groups in total. The van der Waals surface area contributed by atoms with Crippen molar-refractivity contribution in [3.63, 3.8) is 0 Å². The summed E-state index contributed by atoms with van der Waals surface area (Å²) in [7, 11) is 0. The first-order valence-electron chi connectivity index (χ1n) is 8.35. The van der Waals surface area contributed by atoms with Crippen LogP contribution in [-0.2, 0) is 0 Å². The molecule has 3 unspecified atom stereocenters. The summed E-state index contributed by atoms with van der Waals surface area (Å²) in [4.78, 5) is 0. The standard InChI is InChI=1S/C19H31N/c1-14(2)10-19(17-8-6-5-7-9-17)20-18-12-15(3)11-16(4)13-18/h5-9,14-16,18-20H,10-13H2,1-4H3. The van der Waals surface area contributed by atoms with Crippen LogP contribution in [0.2, 0.25) is 0 Å². The summed E-state index contributed by atoms with van der Waals surface area (Å²) in [6, 6.07) is 12.2. The van der Waals surface area contributed by atoms with Crippen molar-refractivity contribution in [2.45, 2.75) is 65.5 Å². The molecule has 3 atom stereocenters. The van der Waals surface area contributed by atoms with Crippen molar-refractivity contribution in [2.75, 3.05) is 0 Å². The summed E-state index contributed by atoms with van der Waals surface area (Å²) in [6.45, 7) is 9.46. The van der Waals surface area contributed by atoms with Crippen LogP contribution in [0.5, 0.6) is 0 Å². The average Bonchev–Trinajstić information content (AvgIpc) is 2.37. The summed E-state index contributed by atoms with van der Waals surface area (Å²) in [6.07, 6.45) is 5.30. The molecule has 0 aliphatic heterocycles. The van der Waals surface area contributed by atoms with Gasteiger partial charge in [0.15, 0.2) is 0 Å². The molecule has 0 bridgehead atoms. The molecule has 20 heavy (non-hydrogen) atoms. The second-order valence-corrected chi connectivity index (χ2v) is 7.37. The van der Waals surface area contributed by atoms with E-state index in [1.807, 2.05) is 0 Å². The van der Waals surface area contributed by atoms with Crippen molar-refractivity contribution in [1.82, 2.24) is 5.32 Å². The third-order valence-corrected chi connectivity index (χ3v) is 4.52. The van der Waals surface area contributed by atoms with Crippen LogP contribution in [0.3, 0.4) is 0 Å². The van der Waals surface area contributed by atoms with E-state index in [1.54, 1.807) is 0 Å². The summed E-state index contributed by atoms with van der Waals surface area (Å²) in [5.41, 5.74) is 1.45. The quantitative estimate of drug-likeness (QED) is 0.778. The second-order valence-electron chi connectivity index (χ2n) is 7.37. The Kier molecular flexibility index (Phi) is 5.65. The minimum absolute atomic E-state index is 0.513. The summed E-state index contributed by atoms with van der Waals surface area (Å²) >= 11 is 0. The van der Waals surface area contributed by atoms with Crippen molar-refractivity contribution in [2.24, 2.45) is 17.8 Å². The number of hydrogen-bond donors (Lipinski definition) is 1. The first-order valence-corrected chi connectivity index (χ1v) is 8.35. The van der Waals surface area contributed by atoms with Crippen molar-refractivity contribution < 1.29 is 0 Å². The molecule has 1 aromatic carbocycles. The topological polar surface area (TPSA) is 12.0 Å². The monoisotopic (exact) mass is 273 g/mol.